The molecule has 0 spiro atoms. The number of hydrogen-bond acceptors (Lipinski definition) is 5. The van der Waals surface area contributed by atoms with Crippen LogP contribution in [0, 0.1) is 0 Å². The summed E-state index contributed by atoms with van der Waals surface area (Å²) in [6, 6.07) is 2.56. The number of carbonyl (C=O) groups is 2. The largest absolute Gasteiger partial charge is 0.507 e. The Hall–Kier alpha value is -1.64. The Morgan fingerprint density at radius 2 is 1.38 bits per heavy atom. The first-order chi connectivity index (χ1) is 12.4. The maximum atomic E-state index is 11.4. The monoisotopic (exact) mass is 426 g/mol. The molecule has 0 amide bonds. The van der Waals surface area contributed by atoms with E-state index in [0.29, 0.717) is 50.1 Å². The molecule has 2 fully saturated rings. The van der Waals surface area contributed by atoms with Crippen LogP contribution in [0.4, 0.5) is 0 Å². The van der Waals surface area contributed by atoms with E-state index in [1.165, 1.54) is 0 Å². The van der Waals surface area contributed by atoms with E-state index in [9.17, 15) is 24.9 Å². The van der Waals surface area contributed by atoms with Gasteiger partial charge in [0, 0.05) is 28.7 Å². The van der Waals surface area contributed by atoms with Gasteiger partial charge >= 0.3 is 11.9 Å². The molecule has 2 aliphatic heterocycles. The SMILES string of the molecule is O=C(O)[C@@H]1CCCN1Cc1cc(Br)cc(CN2CCC[C@H]2C(=O)O)c1O. The van der Waals surface area contributed by atoms with Crippen molar-refractivity contribution in [2.45, 2.75) is 50.9 Å². The minimum absolute atomic E-state index is 0.125. The first kappa shape index (κ1) is 19.1. The maximum absolute atomic E-state index is 11.4. The highest BCUT2D eigenvalue weighted by Gasteiger charge is 2.33. The van der Waals surface area contributed by atoms with E-state index in [2.05, 4.69) is 15.9 Å². The third kappa shape index (κ3) is 4.02. The molecule has 142 valence electrons. The number of benzene rings is 1. The molecular formula is C18H23BrN2O5. The van der Waals surface area contributed by atoms with Crippen molar-refractivity contribution >= 4 is 27.9 Å². The Labute approximate surface area is 160 Å². The normalized spacial score (nSPS) is 24.2. The van der Waals surface area contributed by atoms with E-state index in [1.807, 2.05) is 9.80 Å². The number of likely N-dealkylation sites (tertiary alicyclic amines) is 2. The van der Waals surface area contributed by atoms with E-state index in [0.717, 1.165) is 17.3 Å². The van der Waals surface area contributed by atoms with Crippen molar-refractivity contribution in [2.75, 3.05) is 13.1 Å². The van der Waals surface area contributed by atoms with Crippen molar-refractivity contribution in [3.8, 4) is 5.75 Å². The van der Waals surface area contributed by atoms with Crippen LogP contribution in [0.2, 0.25) is 0 Å². The second-order valence-corrected chi connectivity index (χ2v) is 7.92. The summed E-state index contributed by atoms with van der Waals surface area (Å²) in [6.45, 7) is 2.09. The summed E-state index contributed by atoms with van der Waals surface area (Å²) in [5.74, 6) is -1.54. The summed E-state index contributed by atoms with van der Waals surface area (Å²) >= 11 is 3.45. The number of hydrogen-bond donors (Lipinski definition) is 3. The van der Waals surface area contributed by atoms with Gasteiger partial charge in [-0.05, 0) is 50.9 Å². The third-order valence-electron chi connectivity index (χ3n) is 5.28. The molecule has 3 N–H and O–H groups in total. The molecular weight excluding hydrogens is 404 g/mol. The topological polar surface area (TPSA) is 101 Å². The van der Waals surface area contributed by atoms with Gasteiger partial charge in [-0.15, -0.1) is 0 Å². The Kier molecular flexibility index (Phi) is 5.84. The molecule has 0 bridgehead atoms. The van der Waals surface area contributed by atoms with Gasteiger partial charge in [-0.3, -0.25) is 19.4 Å². The van der Waals surface area contributed by atoms with Gasteiger partial charge < -0.3 is 15.3 Å². The molecule has 26 heavy (non-hydrogen) atoms. The lowest BCUT2D eigenvalue weighted by Crippen LogP contribution is -2.36. The lowest BCUT2D eigenvalue weighted by molar-refractivity contribution is -0.143. The van der Waals surface area contributed by atoms with Gasteiger partial charge in [0.1, 0.15) is 17.8 Å². The fraction of sp³-hybridized carbons (Fsp3) is 0.556. The zero-order valence-corrected chi connectivity index (χ0v) is 16.0. The number of nitrogens with zero attached hydrogens (tertiary/aromatic N) is 2. The van der Waals surface area contributed by atoms with Crippen LogP contribution in [0.3, 0.4) is 0 Å². The first-order valence-corrected chi connectivity index (χ1v) is 9.60. The molecule has 2 atom stereocenters. The Morgan fingerprint density at radius 3 is 1.77 bits per heavy atom. The number of aliphatic carboxylic acids is 2. The Balaban J connectivity index is 1.80. The number of aromatic hydroxyl groups is 1. The van der Waals surface area contributed by atoms with Gasteiger partial charge in [0.2, 0.25) is 0 Å². The fourth-order valence-electron chi connectivity index (χ4n) is 3.99. The predicted molar refractivity (Wildman–Crippen MR) is 97.9 cm³/mol. The number of carboxylic acid groups (broad SMARTS) is 2. The van der Waals surface area contributed by atoms with Crippen molar-refractivity contribution < 1.29 is 24.9 Å². The zero-order chi connectivity index (χ0) is 18.8. The smallest absolute Gasteiger partial charge is 0.320 e. The highest BCUT2D eigenvalue weighted by atomic mass is 79.9. The van der Waals surface area contributed by atoms with Crippen molar-refractivity contribution in [1.82, 2.24) is 9.80 Å². The number of carboxylic acids is 2. The summed E-state index contributed by atoms with van der Waals surface area (Å²) in [5, 5.41) is 29.4. The second-order valence-electron chi connectivity index (χ2n) is 7.01. The molecule has 2 saturated heterocycles. The van der Waals surface area contributed by atoms with Crippen LogP contribution in [0.5, 0.6) is 5.75 Å². The number of halogens is 1. The third-order valence-corrected chi connectivity index (χ3v) is 5.73. The highest BCUT2D eigenvalue weighted by molar-refractivity contribution is 9.10. The molecule has 0 aliphatic carbocycles. The van der Waals surface area contributed by atoms with Crippen LogP contribution < -0.4 is 0 Å². The molecule has 2 aliphatic rings. The highest BCUT2D eigenvalue weighted by Crippen LogP contribution is 2.33. The van der Waals surface area contributed by atoms with Gasteiger partial charge in [0.25, 0.3) is 0 Å². The standard InChI is InChI=1S/C18H23BrN2O5/c19-13-7-11(9-20-5-1-3-14(20)17(23)24)16(22)12(8-13)10-21-6-2-4-15(21)18(25)26/h7-8,14-15,22H,1-6,9-10H2,(H,23,24)(H,25,26)/t14-,15-/m0/s1. The van der Waals surface area contributed by atoms with Crippen LogP contribution in [-0.2, 0) is 22.7 Å². The molecule has 0 saturated carbocycles. The number of phenolic OH excluding ortho intramolecular Hbond substituents is 1. The zero-order valence-electron chi connectivity index (χ0n) is 14.4. The summed E-state index contributed by atoms with van der Waals surface area (Å²) in [6.07, 6.45) is 2.88. The molecule has 0 unspecified atom stereocenters. The predicted octanol–water partition coefficient (Wildman–Crippen LogP) is 2.25. The van der Waals surface area contributed by atoms with Crippen LogP contribution in [0.15, 0.2) is 16.6 Å². The van der Waals surface area contributed by atoms with Crippen LogP contribution in [0.1, 0.15) is 36.8 Å². The van der Waals surface area contributed by atoms with E-state index >= 15 is 0 Å². The van der Waals surface area contributed by atoms with Crippen molar-refractivity contribution in [1.29, 1.82) is 0 Å². The van der Waals surface area contributed by atoms with Gasteiger partial charge in [-0.2, -0.15) is 0 Å². The first-order valence-electron chi connectivity index (χ1n) is 8.81. The Bertz CT molecular complexity index is 656. The summed E-state index contributed by atoms with van der Waals surface area (Å²) in [7, 11) is 0. The van der Waals surface area contributed by atoms with E-state index in [4.69, 9.17) is 0 Å². The van der Waals surface area contributed by atoms with Crippen molar-refractivity contribution in [3.05, 3.63) is 27.7 Å². The summed E-state index contributed by atoms with van der Waals surface area (Å²) < 4.78 is 0.789. The molecule has 0 radical (unpaired) electrons. The van der Waals surface area contributed by atoms with Gasteiger partial charge in [-0.25, -0.2) is 0 Å². The van der Waals surface area contributed by atoms with Crippen molar-refractivity contribution in [2.24, 2.45) is 0 Å². The van der Waals surface area contributed by atoms with E-state index in [-0.39, 0.29) is 5.75 Å². The average molecular weight is 427 g/mol. The maximum Gasteiger partial charge on any atom is 0.320 e. The molecule has 2 heterocycles. The van der Waals surface area contributed by atoms with E-state index < -0.39 is 24.0 Å². The summed E-state index contributed by atoms with van der Waals surface area (Å²) in [5.41, 5.74) is 1.32. The minimum atomic E-state index is -0.835. The van der Waals surface area contributed by atoms with Gasteiger partial charge in [0.15, 0.2) is 0 Å². The van der Waals surface area contributed by atoms with Gasteiger partial charge in [0.05, 0.1) is 0 Å². The molecule has 3 rings (SSSR count). The molecule has 7 nitrogen and oxygen atoms in total. The van der Waals surface area contributed by atoms with Crippen LogP contribution >= 0.6 is 15.9 Å². The lowest BCUT2D eigenvalue weighted by atomic mass is 10.1. The lowest BCUT2D eigenvalue weighted by Gasteiger charge is -2.24. The van der Waals surface area contributed by atoms with Crippen LogP contribution in [0.25, 0.3) is 0 Å². The Morgan fingerprint density at radius 1 is 0.962 bits per heavy atom. The second kappa shape index (κ2) is 7.94. The molecule has 1 aromatic rings. The average Bonchev–Trinajstić information content (AvgIpc) is 3.20. The number of rotatable bonds is 6. The number of phenols is 1. The van der Waals surface area contributed by atoms with Crippen LogP contribution in [-0.4, -0.2) is 62.2 Å². The van der Waals surface area contributed by atoms with Gasteiger partial charge in [-0.1, -0.05) is 15.9 Å². The van der Waals surface area contributed by atoms with E-state index in [1.54, 1.807) is 12.1 Å². The molecule has 0 aromatic heterocycles. The quantitative estimate of drug-likeness (QED) is 0.640. The van der Waals surface area contributed by atoms with Crippen molar-refractivity contribution in [3.63, 3.8) is 0 Å². The molecule has 8 heteroatoms. The fourth-order valence-corrected chi connectivity index (χ4v) is 4.54. The minimum Gasteiger partial charge on any atom is -0.507 e. The molecule has 1 aromatic carbocycles. The summed E-state index contributed by atoms with van der Waals surface area (Å²) in [4.78, 5) is 26.5.